The SMILES string of the molecule is CCCCc1cc(N[C@@H](CC(C)C)C(=O)NCOCC)nc(N2CCC(c3ccccc3)CC2)n1. The summed E-state index contributed by atoms with van der Waals surface area (Å²) in [5.41, 5.74) is 2.45. The number of rotatable bonds is 13. The van der Waals surface area contributed by atoms with Gasteiger partial charge in [-0.3, -0.25) is 4.79 Å². The van der Waals surface area contributed by atoms with Crippen LogP contribution < -0.4 is 15.5 Å². The number of hydrogen-bond donors (Lipinski definition) is 2. The van der Waals surface area contributed by atoms with Crippen molar-refractivity contribution in [2.24, 2.45) is 5.92 Å². The molecule has 1 aliphatic rings. The molecule has 3 rings (SSSR count). The van der Waals surface area contributed by atoms with Crippen LogP contribution in [0.5, 0.6) is 0 Å². The topological polar surface area (TPSA) is 79.4 Å². The average molecular weight is 482 g/mol. The molecule has 1 aromatic heterocycles. The number of amides is 1. The van der Waals surface area contributed by atoms with E-state index in [1.54, 1.807) is 0 Å². The highest BCUT2D eigenvalue weighted by Gasteiger charge is 2.24. The third-order valence-electron chi connectivity index (χ3n) is 6.50. The Morgan fingerprint density at radius 2 is 1.89 bits per heavy atom. The van der Waals surface area contributed by atoms with Crippen LogP contribution in [0.3, 0.4) is 0 Å². The number of anilines is 2. The lowest BCUT2D eigenvalue weighted by molar-refractivity contribution is -0.123. The van der Waals surface area contributed by atoms with Crippen molar-refractivity contribution in [1.82, 2.24) is 15.3 Å². The van der Waals surface area contributed by atoms with Crippen molar-refractivity contribution in [2.45, 2.75) is 78.2 Å². The number of carbonyl (C=O) groups is 1. The van der Waals surface area contributed by atoms with Gasteiger partial charge in [-0.25, -0.2) is 4.98 Å². The molecule has 7 nitrogen and oxygen atoms in total. The minimum Gasteiger partial charge on any atom is -0.362 e. The van der Waals surface area contributed by atoms with Gasteiger partial charge >= 0.3 is 0 Å². The molecule has 1 aromatic carbocycles. The Morgan fingerprint density at radius 1 is 1.14 bits per heavy atom. The predicted molar refractivity (Wildman–Crippen MR) is 143 cm³/mol. The smallest absolute Gasteiger partial charge is 0.244 e. The molecule has 0 bridgehead atoms. The van der Waals surface area contributed by atoms with Gasteiger partial charge in [-0.2, -0.15) is 4.98 Å². The second kappa shape index (κ2) is 14.0. The first-order chi connectivity index (χ1) is 17.0. The van der Waals surface area contributed by atoms with E-state index in [0.717, 1.165) is 62.7 Å². The number of unbranched alkanes of at least 4 members (excludes halogenated alkanes) is 1. The maximum absolute atomic E-state index is 12.9. The molecule has 0 unspecified atom stereocenters. The van der Waals surface area contributed by atoms with E-state index in [4.69, 9.17) is 14.7 Å². The number of hydrogen-bond acceptors (Lipinski definition) is 6. The Morgan fingerprint density at radius 3 is 2.54 bits per heavy atom. The Labute approximate surface area is 211 Å². The summed E-state index contributed by atoms with van der Waals surface area (Å²) >= 11 is 0. The van der Waals surface area contributed by atoms with Gasteiger partial charge in [-0.05, 0) is 56.4 Å². The molecule has 1 saturated heterocycles. The summed E-state index contributed by atoms with van der Waals surface area (Å²) in [7, 11) is 0. The molecule has 0 aliphatic carbocycles. The zero-order valence-corrected chi connectivity index (χ0v) is 21.9. The van der Waals surface area contributed by atoms with Crippen molar-refractivity contribution < 1.29 is 9.53 Å². The number of nitrogens with one attached hydrogen (secondary N) is 2. The molecule has 2 N–H and O–H groups in total. The van der Waals surface area contributed by atoms with Gasteiger partial charge in [0.15, 0.2) is 0 Å². The molecule has 35 heavy (non-hydrogen) atoms. The fourth-order valence-electron chi connectivity index (χ4n) is 4.55. The molecule has 0 saturated carbocycles. The number of aryl methyl sites for hydroxylation is 1. The van der Waals surface area contributed by atoms with Crippen LogP contribution in [0, 0.1) is 5.92 Å². The third-order valence-corrected chi connectivity index (χ3v) is 6.50. The molecule has 2 heterocycles. The highest BCUT2D eigenvalue weighted by molar-refractivity contribution is 5.84. The average Bonchev–Trinajstić information content (AvgIpc) is 2.87. The van der Waals surface area contributed by atoms with Crippen LogP contribution in [0.4, 0.5) is 11.8 Å². The fourth-order valence-corrected chi connectivity index (χ4v) is 4.55. The van der Waals surface area contributed by atoms with E-state index in [1.165, 1.54) is 5.56 Å². The zero-order valence-electron chi connectivity index (χ0n) is 21.9. The maximum Gasteiger partial charge on any atom is 0.244 e. The third kappa shape index (κ3) is 8.49. The van der Waals surface area contributed by atoms with Crippen molar-refractivity contribution in [3.63, 3.8) is 0 Å². The Kier molecular flexibility index (Phi) is 10.8. The van der Waals surface area contributed by atoms with E-state index in [9.17, 15) is 4.79 Å². The monoisotopic (exact) mass is 481 g/mol. The molecular formula is C28H43N5O2. The van der Waals surface area contributed by atoms with Crippen LogP contribution in [-0.4, -0.2) is 48.3 Å². The molecule has 1 aliphatic heterocycles. The van der Waals surface area contributed by atoms with Gasteiger partial charge in [0.05, 0.1) is 0 Å². The Hall–Kier alpha value is -2.67. The van der Waals surface area contributed by atoms with Crippen LogP contribution in [0.15, 0.2) is 36.4 Å². The lowest BCUT2D eigenvalue weighted by Gasteiger charge is -2.32. The van der Waals surface area contributed by atoms with Crippen LogP contribution in [0.2, 0.25) is 0 Å². The quantitative estimate of drug-likeness (QED) is 0.305. The molecule has 1 atom stereocenters. The van der Waals surface area contributed by atoms with E-state index in [0.29, 0.717) is 24.9 Å². The first-order valence-electron chi connectivity index (χ1n) is 13.3. The summed E-state index contributed by atoms with van der Waals surface area (Å²) in [6, 6.07) is 12.4. The van der Waals surface area contributed by atoms with Crippen LogP contribution in [0.25, 0.3) is 0 Å². The summed E-state index contributed by atoms with van der Waals surface area (Å²) < 4.78 is 5.32. The van der Waals surface area contributed by atoms with Gasteiger partial charge in [0, 0.05) is 31.5 Å². The minimum absolute atomic E-state index is 0.0638. The summed E-state index contributed by atoms with van der Waals surface area (Å²) in [5, 5.41) is 6.30. The first kappa shape index (κ1) is 26.9. The van der Waals surface area contributed by atoms with Crippen molar-refractivity contribution in [3.05, 3.63) is 47.7 Å². The molecular weight excluding hydrogens is 438 g/mol. The number of aromatic nitrogens is 2. The number of nitrogens with zero attached hydrogens (tertiary/aromatic N) is 3. The normalized spacial score (nSPS) is 15.3. The van der Waals surface area contributed by atoms with Gasteiger partial charge in [0.1, 0.15) is 18.6 Å². The molecule has 2 aromatic rings. The first-order valence-corrected chi connectivity index (χ1v) is 13.3. The Balaban J connectivity index is 1.75. The Bertz CT molecular complexity index is 897. The predicted octanol–water partition coefficient (Wildman–Crippen LogP) is 5.14. The molecule has 7 heteroatoms. The molecule has 0 radical (unpaired) electrons. The van der Waals surface area contributed by atoms with Gasteiger partial charge in [0.25, 0.3) is 0 Å². The second-order valence-electron chi connectivity index (χ2n) is 9.82. The highest BCUT2D eigenvalue weighted by atomic mass is 16.5. The fraction of sp³-hybridized carbons (Fsp3) is 0.607. The minimum atomic E-state index is -0.374. The largest absolute Gasteiger partial charge is 0.362 e. The van der Waals surface area contributed by atoms with E-state index in [1.807, 2.05) is 13.0 Å². The lowest BCUT2D eigenvalue weighted by Crippen LogP contribution is -2.41. The van der Waals surface area contributed by atoms with Crippen molar-refractivity contribution in [2.75, 3.05) is 36.6 Å². The van der Waals surface area contributed by atoms with Crippen LogP contribution >= 0.6 is 0 Å². The molecule has 0 spiro atoms. The van der Waals surface area contributed by atoms with Crippen molar-refractivity contribution in [3.8, 4) is 0 Å². The molecule has 192 valence electrons. The van der Waals surface area contributed by atoms with Gasteiger partial charge in [-0.15, -0.1) is 0 Å². The number of ether oxygens (including phenoxy) is 1. The summed E-state index contributed by atoms with van der Waals surface area (Å²) in [6.45, 7) is 11.0. The van der Waals surface area contributed by atoms with E-state index < -0.39 is 0 Å². The molecule has 1 fully saturated rings. The number of carbonyl (C=O) groups excluding carboxylic acids is 1. The number of piperidine rings is 1. The maximum atomic E-state index is 12.9. The van der Waals surface area contributed by atoms with Crippen molar-refractivity contribution in [1.29, 1.82) is 0 Å². The highest BCUT2D eigenvalue weighted by Crippen LogP contribution is 2.30. The van der Waals surface area contributed by atoms with E-state index >= 15 is 0 Å². The van der Waals surface area contributed by atoms with E-state index in [2.05, 4.69) is 66.6 Å². The summed E-state index contributed by atoms with van der Waals surface area (Å²) in [4.78, 5) is 25.0. The van der Waals surface area contributed by atoms with Gasteiger partial charge < -0.3 is 20.3 Å². The number of benzene rings is 1. The van der Waals surface area contributed by atoms with Crippen LogP contribution in [-0.2, 0) is 16.0 Å². The molecule has 1 amide bonds. The second-order valence-corrected chi connectivity index (χ2v) is 9.82. The standard InChI is InChI=1S/C28H43N5O2/c1-5-7-13-24-19-26(31-25(18-21(3)4)27(34)29-20-35-6-2)32-28(30-24)33-16-14-23(15-17-33)22-11-9-8-10-12-22/h8-12,19,21,23,25H,5-7,13-18,20H2,1-4H3,(H,29,34)(H,30,31,32)/t25-/m0/s1. The van der Waals surface area contributed by atoms with Crippen molar-refractivity contribution >= 4 is 17.7 Å². The zero-order chi connectivity index (χ0) is 25.0. The van der Waals surface area contributed by atoms with E-state index in [-0.39, 0.29) is 18.7 Å². The lowest BCUT2D eigenvalue weighted by atomic mass is 9.90. The van der Waals surface area contributed by atoms with Crippen LogP contribution in [0.1, 0.15) is 77.0 Å². The van der Waals surface area contributed by atoms with Gasteiger partial charge in [-0.1, -0.05) is 57.5 Å². The summed E-state index contributed by atoms with van der Waals surface area (Å²) in [6.07, 6.45) is 5.99. The summed E-state index contributed by atoms with van der Waals surface area (Å²) in [5.74, 6) is 2.38. The van der Waals surface area contributed by atoms with Gasteiger partial charge in [0.2, 0.25) is 11.9 Å².